The molecule has 0 saturated heterocycles. The van der Waals surface area contributed by atoms with E-state index in [-0.39, 0.29) is 40.7 Å². The maximum Gasteiger partial charge on any atom is 0.279 e. The molecule has 0 saturated carbocycles. The number of halogens is 2. The Morgan fingerprint density at radius 3 is 2.64 bits per heavy atom. The van der Waals surface area contributed by atoms with E-state index in [1.165, 1.54) is 13.0 Å². The van der Waals surface area contributed by atoms with Gasteiger partial charge in [0.1, 0.15) is 30.4 Å². The van der Waals surface area contributed by atoms with E-state index in [0.717, 1.165) is 16.3 Å². The molecule has 0 radical (unpaired) electrons. The number of rotatable bonds is 5. The van der Waals surface area contributed by atoms with Crippen molar-refractivity contribution in [2.45, 2.75) is 20.1 Å². The van der Waals surface area contributed by atoms with Gasteiger partial charge in [0.25, 0.3) is 5.56 Å². The van der Waals surface area contributed by atoms with Crippen molar-refractivity contribution in [2.75, 3.05) is 0 Å². The number of terminal acetylenes is 1. The van der Waals surface area contributed by atoms with Crippen molar-refractivity contribution in [3.8, 4) is 35.0 Å². The van der Waals surface area contributed by atoms with Crippen LogP contribution in [0.5, 0.6) is 11.5 Å². The first-order chi connectivity index (χ1) is 13.4. The molecule has 3 aromatic rings. The van der Waals surface area contributed by atoms with Crippen molar-refractivity contribution < 1.29 is 14.2 Å². The molecular formula is C21H16ClFN2O3. The highest BCUT2D eigenvalue weighted by molar-refractivity contribution is 6.32. The minimum absolute atomic E-state index is 0.0456. The second-order valence-corrected chi connectivity index (χ2v) is 6.39. The van der Waals surface area contributed by atoms with Crippen LogP contribution in [0.3, 0.4) is 0 Å². The summed E-state index contributed by atoms with van der Waals surface area (Å²) < 4.78 is 21.5. The number of hydrogen-bond donors (Lipinski definition) is 1. The molecule has 7 heteroatoms. The van der Waals surface area contributed by atoms with Crippen LogP contribution in [0.2, 0.25) is 5.02 Å². The van der Waals surface area contributed by atoms with Crippen molar-refractivity contribution in [2.24, 2.45) is 0 Å². The van der Waals surface area contributed by atoms with Gasteiger partial charge >= 0.3 is 0 Å². The molecule has 0 amide bonds. The highest BCUT2D eigenvalue weighted by Crippen LogP contribution is 2.41. The third-order valence-corrected chi connectivity index (χ3v) is 4.37. The van der Waals surface area contributed by atoms with E-state index in [0.29, 0.717) is 0 Å². The molecule has 0 bridgehead atoms. The van der Waals surface area contributed by atoms with Gasteiger partial charge in [0.15, 0.2) is 5.75 Å². The Labute approximate surface area is 166 Å². The van der Waals surface area contributed by atoms with Crippen LogP contribution >= 0.6 is 11.6 Å². The van der Waals surface area contributed by atoms with E-state index in [9.17, 15) is 14.3 Å². The minimum Gasteiger partial charge on any atom is -0.505 e. The van der Waals surface area contributed by atoms with E-state index < -0.39 is 17.1 Å². The molecule has 0 aliphatic heterocycles. The topological polar surface area (TPSA) is 64.3 Å². The summed E-state index contributed by atoms with van der Waals surface area (Å²) in [5, 5.41) is 14.5. The molecule has 0 unspecified atom stereocenters. The van der Waals surface area contributed by atoms with Crippen LogP contribution in [0.1, 0.15) is 11.3 Å². The van der Waals surface area contributed by atoms with Gasteiger partial charge in [0.05, 0.1) is 16.1 Å². The molecule has 0 fully saturated rings. The van der Waals surface area contributed by atoms with Crippen molar-refractivity contribution in [3.05, 3.63) is 74.9 Å². The van der Waals surface area contributed by atoms with Crippen LogP contribution in [0.4, 0.5) is 4.39 Å². The minimum atomic E-state index is -0.766. The van der Waals surface area contributed by atoms with Gasteiger partial charge in [-0.1, -0.05) is 47.9 Å². The van der Waals surface area contributed by atoms with Crippen molar-refractivity contribution in [1.82, 2.24) is 9.78 Å². The van der Waals surface area contributed by atoms with Gasteiger partial charge in [0.2, 0.25) is 0 Å². The lowest BCUT2D eigenvalue weighted by Crippen LogP contribution is -2.25. The lowest BCUT2D eigenvalue weighted by Gasteiger charge is -2.16. The van der Waals surface area contributed by atoms with Crippen LogP contribution in [-0.2, 0) is 13.2 Å². The summed E-state index contributed by atoms with van der Waals surface area (Å²) in [4.78, 5) is 12.8. The summed E-state index contributed by atoms with van der Waals surface area (Å²) >= 11 is 6.23. The number of benzene rings is 2. The molecule has 3 rings (SSSR count). The number of aromatic hydroxyl groups is 1. The number of hydrogen-bond acceptors (Lipinski definition) is 4. The Morgan fingerprint density at radius 1 is 1.25 bits per heavy atom. The zero-order valence-corrected chi connectivity index (χ0v) is 15.7. The largest absolute Gasteiger partial charge is 0.505 e. The third-order valence-electron chi connectivity index (χ3n) is 4.07. The molecule has 1 heterocycles. The second-order valence-electron chi connectivity index (χ2n) is 5.98. The predicted molar refractivity (Wildman–Crippen MR) is 105 cm³/mol. The molecular weight excluding hydrogens is 383 g/mol. The fourth-order valence-electron chi connectivity index (χ4n) is 2.74. The van der Waals surface area contributed by atoms with Crippen molar-refractivity contribution in [1.29, 1.82) is 0 Å². The average molecular weight is 399 g/mol. The van der Waals surface area contributed by atoms with Gasteiger partial charge in [0, 0.05) is 0 Å². The van der Waals surface area contributed by atoms with E-state index in [1.807, 2.05) is 30.3 Å². The van der Waals surface area contributed by atoms with Gasteiger partial charge in [-0.05, 0) is 24.6 Å². The highest BCUT2D eigenvalue weighted by Gasteiger charge is 2.25. The smallest absolute Gasteiger partial charge is 0.279 e. The molecule has 2 aromatic carbocycles. The van der Waals surface area contributed by atoms with Gasteiger partial charge in [-0.2, -0.15) is 5.10 Å². The number of aryl methyl sites for hydroxylation is 1. The Kier molecular flexibility index (Phi) is 5.67. The number of nitrogens with zero attached hydrogens (tertiary/aromatic N) is 2. The van der Waals surface area contributed by atoms with Gasteiger partial charge in [-0.3, -0.25) is 4.79 Å². The van der Waals surface area contributed by atoms with Crippen LogP contribution in [0.25, 0.3) is 11.1 Å². The summed E-state index contributed by atoms with van der Waals surface area (Å²) in [5.41, 5.74) is -0.327. The maximum absolute atomic E-state index is 14.8. The predicted octanol–water partition coefficient (Wildman–Crippen LogP) is 3.93. The molecule has 1 N–H and O–H groups in total. The quantitative estimate of drug-likeness (QED) is 0.661. The first-order valence-electron chi connectivity index (χ1n) is 8.33. The van der Waals surface area contributed by atoms with E-state index in [4.69, 9.17) is 22.8 Å². The zero-order chi connectivity index (χ0) is 20.3. The Morgan fingerprint density at radius 2 is 1.96 bits per heavy atom. The van der Waals surface area contributed by atoms with Crippen LogP contribution in [0, 0.1) is 25.1 Å². The molecule has 28 heavy (non-hydrogen) atoms. The first kappa shape index (κ1) is 19.5. The van der Waals surface area contributed by atoms with E-state index in [1.54, 1.807) is 0 Å². The van der Waals surface area contributed by atoms with E-state index >= 15 is 0 Å². The van der Waals surface area contributed by atoms with E-state index in [2.05, 4.69) is 11.0 Å². The standard InChI is InChI=1S/C21H16ClFN2O3/c1-3-11-25-21(27)18(19(26)13(2)24-25)17-16(23)10-9-15(22)20(17)28-12-14-7-5-4-6-8-14/h1,4-10,26H,11-12H2,2H3. The van der Waals surface area contributed by atoms with Gasteiger partial charge < -0.3 is 9.84 Å². The SMILES string of the molecule is C#CCn1nc(C)c(O)c(-c2c(F)ccc(Cl)c2OCc2ccccc2)c1=O. The van der Waals surface area contributed by atoms with Gasteiger partial charge in [-0.25, -0.2) is 9.07 Å². The molecule has 0 aliphatic rings. The maximum atomic E-state index is 14.8. The van der Waals surface area contributed by atoms with Gasteiger partial charge in [-0.15, -0.1) is 6.42 Å². The molecule has 5 nitrogen and oxygen atoms in total. The molecule has 0 aliphatic carbocycles. The third kappa shape index (κ3) is 3.71. The molecule has 142 valence electrons. The highest BCUT2D eigenvalue weighted by atomic mass is 35.5. The normalized spacial score (nSPS) is 10.5. The fraction of sp³-hybridized carbons (Fsp3) is 0.143. The van der Waals surface area contributed by atoms with Crippen molar-refractivity contribution in [3.63, 3.8) is 0 Å². The fourth-order valence-corrected chi connectivity index (χ4v) is 2.95. The number of ether oxygens (including phenoxy) is 1. The zero-order valence-electron chi connectivity index (χ0n) is 14.9. The van der Waals surface area contributed by atoms with Crippen LogP contribution in [0.15, 0.2) is 47.3 Å². The lowest BCUT2D eigenvalue weighted by atomic mass is 10.0. The Balaban J connectivity index is 2.19. The summed E-state index contributed by atoms with van der Waals surface area (Å²) in [7, 11) is 0. The molecule has 0 atom stereocenters. The summed E-state index contributed by atoms with van der Waals surface area (Å²) in [5.74, 6) is 1.04. The molecule has 1 aromatic heterocycles. The second kappa shape index (κ2) is 8.15. The average Bonchev–Trinajstić information content (AvgIpc) is 2.69. The lowest BCUT2D eigenvalue weighted by molar-refractivity contribution is 0.306. The van der Waals surface area contributed by atoms with Crippen LogP contribution in [-0.4, -0.2) is 14.9 Å². The summed E-state index contributed by atoms with van der Waals surface area (Å²) in [6.45, 7) is 1.45. The first-order valence-corrected chi connectivity index (χ1v) is 8.71. The van der Waals surface area contributed by atoms with Crippen LogP contribution < -0.4 is 10.3 Å². The Hall–Kier alpha value is -3.30. The number of aromatic nitrogens is 2. The summed E-state index contributed by atoms with van der Waals surface area (Å²) in [6, 6.07) is 11.6. The summed E-state index contributed by atoms with van der Waals surface area (Å²) in [6.07, 6.45) is 5.27. The molecule has 0 spiro atoms. The monoisotopic (exact) mass is 398 g/mol. The van der Waals surface area contributed by atoms with Crippen molar-refractivity contribution >= 4 is 11.6 Å². The Bertz CT molecular complexity index is 1120.